The van der Waals surface area contributed by atoms with Gasteiger partial charge in [0.1, 0.15) is 0 Å². The van der Waals surface area contributed by atoms with Gasteiger partial charge in [0.05, 0.1) is 4.90 Å². The summed E-state index contributed by atoms with van der Waals surface area (Å²) in [5.41, 5.74) is 1.94. The largest absolute Gasteiger partial charge is 0.369 e. The SMILES string of the molecule is O=C(Nc1cccc(Br)c1)c1cccc(S(=O)(=O)N2CCN(c3ccncc3)CC2)c1. The number of nitrogens with zero attached hydrogens (tertiary/aromatic N) is 3. The molecular formula is C22H21BrN4O3S. The van der Waals surface area contributed by atoms with E-state index in [9.17, 15) is 13.2 Å². The van der Waals surface area contributed by atoms with Crippen LogP contribution >= 0.6 is 15.9 Å². The van der Waals surface area contributed by atoms with E-state index in [0.29, 0.717) is 31.9 Å². The summed E-state index contributed by atoms with van der Waals surface area (Å²) in [4.78, 5) is 18.9. The molecule has 160 valence electrons. The quantitative estimate of drug-likeness (QED) is 0.578. The maximum absolute atomic E-state index is 13.2. The molecule has 0 unspecified atom stereocenters. The van der Waals surface area contributed by atoms with Gasteiger partial charge in [-0.2, -0.15) is 4.31 Å². The Morgan fingerprint density at radius 3 is 2.35 bits per heavy atom. The maximum atomic E-state index is 13.2. The van der Waals surface area contributed by atoms with Crippen LogP contribution in [0.25, 0.3) is 0 Å². The first-order chi connectivity index (χ1) is 14.9. The number of anilines is 2. The molecule has 1 fully saturated rings. The first-order valence-corrected chi connectivity index (χ1v) is 12.0. The van der Waals surface area contributed by atoms with Crippen molar-refractivity contribution in [2.75, 3.05) is 36.4 Å². The van der Waals surface area contributed by atoms with Crippen LogP contribution in [0.5, 0.6) is 0 Å². The lowest BCUT2D eigenvalue weighted by molar-refractivity contribution is 0.102. The number of halogens is 1. The van der Waals surface area contributed by atoms with Gasteiger partial charge in [-0.05, 0) is 48.5 Å². The number of carbonyl (C=O) groups excluding carboxylic acids is 1. The van der Waals surface area contributed by atoms with E-state index >= 15 is 0 Å². The lowest BCUT2D eigenvalue weighted by Crippen LogP contribution is -2.48. The summed E-state index contributed by atoms with van der Waals surface area (Å²) < 4.78 is 28.6. The molecule has 1 aliphatic rings. The molecule has 0 saturated carbocycles. The van der Waals surface area contributed by atoms with Crippen LogP contribution in [0.15, 0.2) is 82.4 Å². The molecule has 2 aromatic carbocycles. The minimum atomic E-state index is -3.70. The molecule has 2 heterocycles. The molecule has 1 aromatic heterocycles. The molecule has 1 aliphatic heterocycles. The van der Waals surface area contributed by atoms with Crippen molar-refractivity contribution in [3.05, 3.63) is 83.1 Å². The number of sulfonamides is 1. The number of carbonyl (C=O) groups is 1. The number of benzene rings is 2. The molecule has 1 saturated heterocycles. The molecular weight excluding hydrogens is 480 g/mol. The average Bonchev–Trinajstić information content (AvgIpc) is 2.80. The first kappa shape index (κ1) is 21.5. The second-order valence-electron chi connectivity index (χ2n) is 7.09. The first-order valence-electron chi connectivity index (χ1n) is 9.75. The third-order valence-electron chi connectivity index (χ3n) is 5.08. The monoisotopic (exact) mass is 500 g/mol. The molecule has 3 aromatic rings. The van der Waals surface area contributed by atoms with Crippen LogP contribution in [0.4, 0.5) is 11.4 Å². The molecule has 0 spiro atoms. The van der Waals surface area contributed by atoms with Gasteiger partial charge in [0.2, 0.25) is 10.0 Å². The minimum absolute atomic E-state index is 0.117. The molecule has 1 N–H and O–H groups in total. The van der Waals surface area contributed by atoms with Gasteiger partial charge in [-0.15, -0.1) is 0 Å². The number of aromatic nitrogens is 1. The van der Waals surface area contributed by atoms with Crippen LogP contribution in [-0.4, -0.2) is 49.8 Å². The molecule has 0 aliphatic carbocycles. The van der Waals surface area contributed by atoms with Crippen LogP contribution in [-0.2, 0) is 10.0 Å². The molecule has 0 radical (unpaired) electrons. The number of pyridine rings is 1. The fourth-order valence-electron chi connectivity index (χ4n) is 3.46. The van der Waals surface area contributed by atoms with Crippen LogP contribution in [0, 0.1) is 0 Å². The third kappa shape index (κ3) is 4.95. The Bertz CT molecular complexity index is 1180. The minimum Gasteiger partial charge on any atom is -0.369 e. The van der Waals surface area contributed by atoms with E-state index in [0.717, 1.165) is 10.2 Å². The van der Waals surface area contributed by atoms with Gasteiger partial charge >= 0.3 is 0 Å². The Labute approximate surface area is 189 Å². The molecule has 0 bridgehead atoms. The Hall–Kier alpha value is -2.75. The zero-order valence-electron chi connectivity index (χ0n) is 16.6. The highest BCUT2D eigenvalue weighted by Crippen LogP contribution is 2.22. The molecule has 7 nitrogen and oxygen atoms in total. The fourth-order valence-corrected chi connectivity index (χ4v) is 5.33. The van der Waals surface area contributed by atoms with Crippen LogP contribution in [0.1, 0.15) is 10.4 Å². The summed E-state index contributed by atoms with van der Waals surface area (Å²) in [6, 6.07) is 17.2. The van der Waals surface area contributed by atoms with Gasteiger partial charge in [0, 0.05) is 60.0 Å². The number of hydrogen-bond donors (Lipinski definition) is 1. The smallest absolute Gasteiger partial charge is 0.255 e. The van der Waals surface area contributed by atoms with Crippen molar-refractivity contribution >= 4 is 43.2 Å². The Morgan fingerprint density at radius 1 is 0.935 bits per heavy atom. The fraction of sp³-hybridized carbons (Fsp3) is 0.182. The predicted octanol–water partition coefficient (Wildman–Crippen LogP) is 3.61. The van der Waals surface area contributed by atoms with Gasteiger partial charge in [-0.1, -0.05) is 28.1 Å². The highest BCUT2D eigenvalue weighted by atomic mass is 79.9. The van der Waals surface area contributed by atoms with Gasteiger partial charge in [0.25, 0.3) is 5.91 Å². The second kappa shape index (κ2) is 9.17. The Kier molecular flexibility index (Phi) is 6.35. The number of hydrogen-bond acceptors (Lipinski definition) is 5. The third-order valence-corrected chi connectivity index (χ3v) is 7.47. The summed E-state index contributed by atoms with van der Waals surface area (Å²) in [6.45, 7) is 1.93. The number of piperazine rings is 1. The molecule has 4 rings (SSSR count). The Balaban J connectivity index is 1.47. The topological polar surface area (TPSA) is 82.6 Å². The molecule has 1 amide bonds. The van der Waals surface area contributed by atoms with E-state index in [1.807, 2.05) is 24.3 Å². The number of nitrogens with one attached hydrogen (secondary N) is 1. The number of amides is 1. The van der Waals surface area contributed by atoms with Crippen molar-refractivity contribution in [2.45, 2.75) is 4.90 Å². The summed E-state index contributed by atoms with van der Waals surface area (Å²) in [6.07, 6.45) is 3.45. The van der Waals surface area contributed by atoms with Crippen molar-refractivity contribution in [3.63, 3.8) is 0 Å². The van der Waals surface area contributed by atoms with Gasteiger partial charge < -0.3 is 10.2 Å². The molecule has 31 heavy (non-hydrogen) atoms. The molecule has 0 atom stereocenters. The van der Waals surface area contributed by atoms with E-state index in [-0.39, 0.29) is 16.4 Å². The van der Waals surface area contributed by atoms with E-state index < -0.39 is 10.0 Å². The van der Waals surface area contributed by atoms with Crippen LogP contribution in [0.2, 0.25) is 0 Å². The van der Waals surface area contributed by atoms with E-state index in [2.05, 4.69) is 31.1 Å². The normalized spacial score (nSPS) is 14.9. The summed E-state index contributed by atoms with van der Waals surface area (Å²) in [7, 11) is -3.70. The van der Waals surface area contributed by atoms with Crippen molar-refractivity contribution in [2.24, 2.45) is 0 Å². The van der Waals surface area contributed by atoms with Gasteiger partial charge in [-0.3, -0.25) is 9.78 Å². The zero-order chi connectivity index (χ0) is 21.8. The van der Waals surface area contributed by atoms with Crippen molar-refractivity contribution in [1.29, 1.82) is 0 Å². The second-order valence-corrected chi connectivity index (χ2v) is 9.94. The van der Waals surface area contributed by atoms with Crippen molar-refractivity contribution < 1.29 is 13.2 Å². The average molecular weight is 501 g/mol. The van der Waals surface area contributed by atoms with Crippen LogP contribution < -0.4 is 10.2 Å². The summed E-state index contributed by atoms with van der Waals surface area (Å²) >= 11 is 3.37. The van der Waals surface area contributed by atoms with Gasteiger partial charge in [0.15, 0.2) is 0 Å². The highest BCUT2D eigenvalue weighted by molar-refractivity contribution is 9.10. The Morgan fingerprint density at radius 2 is 1.65 bits per heavy atom. The molecule has 9 heteroatoms. The van der Waals surface area contributed by atoms with Crippen molar-refractivity contribution in [3.8, 4) is 0 Å². The van der Waals surface area contributed by atoms with E-state index in [4.69, 9.17) is 0 Å². The maximum Gasteiger partial charge on any atom is 0.255 e. The van der Waals surface area contributed by atoms with E-state index in [1.54, 1.807) is 36.7 Å². The summed E-state index contributed by atoms with van der Waals surface area (Å²) in [5, 5.41) is 2.79. The lowest BCUT2D eigenvalue weighted by atomic mass is 10.2. The van der Waals surface area contributed by atoms with Gasteiger partial charge in [-0.25, -0.2) is 8.42 Å². The summed E-state index contributed by atoms with van der Waals surface area (Å²) in [5.74, 6) is -0.363. The van der Waals surface area contributed by atoms with E-state index in [1.165, 1.54) is 16.4 Å². The number of rotatable bonds is 5. The highest BCUT2D eigenvalue weighted by Gasteiger charge is 2.29. The van der Waals surface area contributed by atoms with Crippen molar-refractivity contribution in [1.82, 2.24) is 9.29 Å². The van der Waals surface area contributed by atoms with Crippen LogP contribution in [0.3, 0.4) is 0 Å². The lowest BCUT2D eigenvalue weighted by Gasteiger charge is -2.35. The predicted molar refractivity (Wildman–Crippen MR) is 124 cm³/mol. The standard InChI is InChI=1S/C22H21BrN4O3S/c23-18-4-2-5-19(16-18)25-22(28)17-3-1-6-21(15-17)31(29,30)27-13-11-26(12-14-27)20-7-9-24-10-8-20/h1-10,15-16H,11-14H2,(H,25,28). The zero-order valence-corrected chi connectivity index (χ0v) is 19.0.